The van der Waals surface area contributed by atoms with Crippen molar-refractivity contribution in [1.29, 1.82) is 0 Å². The van der Waals surface area contributed by atoms with E-state index in [-0.39, 0.29) is 12.1 Å². The maximum absolute atomic E-state index is 6.07. The van der Waals surface area contributed by atoms with Crippen molar-refractivity contribution in [3.8, 4) is 5.75 Å². The fourth-order valence-electron chi connectivity index (χ4n) is 2.12. The number of nitrogens with two attached hydrogens (primary N) is 1. The van der Waals surface area contributed by atoms with Crippen molar-refractivity contribution in [3.63, 3.8) is 0 Å². The van der Waals surface area contributed by atoms with Crippen molar-refractivity contribution in [3.05, 3.63) is 42.0 Å². The Kier molecular flexibility index (Phi) is 3.27. The van der Waals surface area contributed by atoms with Gasteiger partial charge in [-0.05, 0) is 29.7 Å². The minimum atomic E-state index is 0.0416. The molecule has 16 heavy (non-hydrogen) atoms. The second-order valence-corrected chi connectivity index (χ2v) is 3.95. The molecule has 3 heteroatoms. The van der Waals surface area contributed by atoms with E-state index < -0.39 is 0 Å². The first kappa shape index (κ1) is 11.2. The quantitative estimate of drug-likeness (QED) is 0.790. The Balaban J connectivity index is 2.25. The third-order valence-electron chi connectivity index (χ3n) is 2.92. The molecule has 0 heterocycles. The predicted octanol–water partition coefficient (Wildman–Crippen LogP) is 2.34. The van der Waals surface area contributed by atoms with E-state index in [4.69, 9.17) is 15.2 Å². The molecule has 0 bridgehead atoms. The van der Waals surface area contributed by atoms with Gasteiger partial charge in [0.1, 0.15) is 5.75 Å². The van der Waals surface area contributed by atoms with Crippen molar-refractivity contribution < 1.29 is 9.47 Å². The summed E-state index contributed by atoms with van der Waals surface area (Å²) in [5, 5.41) is 0. The monoisotopic (exact) mass is 219 g/mol. The van der Waals surface area contributed by atoms with Crippen LogP contribution in [0.5, 0.6) is 5.75 Å². The highest BCUT2D eigenvalue weighted by Crippen LogP contribution is 2.41. The SMILES string of the molecule is C=CCO[C@@H]1C[C@@H](N)c2cc(OC)ccc21. The van der Waals surface area contributed by atoms with Gasteiger partial charge in [-0.25, -0.2) is 0 Å². The number of fused-ring (bicyclic) bond motifs is 1. The Morgan fingerprint density at radius 3 is 3.00 bits per heavy atom. The molecule has 0 aromatic heterocycles. The van der Waals surface area contributed by atoms with Gasteiger partial charge in [-0.1, -0.05) is 12.1 Å². The van der Waals surface area contributed by atoms with Gasteiger partial charge < -0.3 is 15.2 Å². The molecule has 0 spiro atoms. The summed E-state index contributed by atoms with van der Waals surface area (Å²) in [6.45, 7) is 4.21. The van der Waals surface area contributed by atoms with E-state index in [1.807, 2.05) is 18.2 Å². The average molecular weight is 219 g/mol. The Bertz CT molecular complexity index is 390. The summed E-state index contributed by atoms with van der Waals surface area (Å²) in [4.78, 5) is 0. The summed E-state index contributed by atoms with van der Waals surface area (Å²) in [6.07, 6.45) is 2.68. The Morgan fingerprint density at radius 1 is 1.50 bits per heavy atom. The molecule has 0 saturated heterocycles. The minimum absolute atomic E-state index is 0.0416. The van der Waals surface area contributed by atoms with Crippen LogP contribution in [0.3, 0.4) is 0 Å². The topological polar surface area (TPSA) is 44.5 Å². The summed E-state index contributed by atoms with van der Waals surface area (Å²) in [5.41, 5.74) is 8.38. The number of ether oxygens (including phenoxy) is 2. The van der Waals surface area contributed by atoms with Crippen LogP contribution in [0.1, 0.15) is 29.7 Å². The molecular formula is C13H17NO2. The fraction of sp³-hybridized carbons (Fsp3) is 0.385. The van der Waals surface area contributed by atoms with Gasteiger partial charge in [-0.15, -0.1) is 6.58 Å². The fourth-order valence-corrected chi connectivity index (χ4v) is 2.12. The predicted molar refractivity (Wildman–Crippen MR) is 63.4 cm³/mol. The Morgan fingerprint density at radius 2 is 2.31 bits per heavy atom. The molecule has 1 aromatic carbocycles. The zero-order valence-corrected chi connectivity index (χ0v) is 9.48. The Hall–Kier alpha value is -1.32. The van der Waals surface area contributed by atoms with Crippen molar-refractivity contribution in [1.82, 2.24) is 0 Å². The van der Waals surface area contributed by atoms with E-state index in [9.17, 15) is 0 Å². The molecular weight excluding hydrogens is 202 g/mol. The van der Waals surface area contributed by atoms with Crippen LogP contribution in [0.4, 0.5) is 0 Å². The number of rotatable bonds is 4. The van der Waals surface area contributed by atoms with Crippen molar-refractivity contribution in [2.75, 3.05) is 13.7 Å². The van der Waals surface area contributed by atoms with Crippen LogP contribution in [-0.2, 0) is 4.74 Å². The van der Waals surface area contributed by atoms with Gasteiger partial charge in [0.2, 0.25) is 0 Å². The Labute approximate surface area is 95.9 Å². The lowest BCUT2D eigenvalue weighted by Crippen LogP contribution is -2.06. The highest BCUT2D eigenvalue weighted by Gasteiger charge is 2.29. The minimum Gasteiger partial charge on any atom is -0.497 e. The van der Waals surface area contributed by atoms with Crippen LogP contribution in [0.15, 0.2) is 30.9 Å². The van der Waals surface area contributed by atoms with Crippen molar-refractivity contribution >= 4 is 0 Å². The molecule has 0 amide bonds. The number of methoxy groups -OCH3 is 1. The third-order valence-corrected chi connectivity index (χ3v) is 2.92. The van der Waals surface area contributed by atoms with E-state index in [1.165, 1.54) is 5.56 Å². The molecule has 2 atom stereocenters. The number of hydrogen-bond donors (Lipinski definition) is 1. The second-order valence-electron chi connectivity index (χ2n) is 3.95. The van der Waals surface area contributed by atoms with E-state index >= 15 is 0 Å². The standard InChI is InChI=1S/C13H17NO2/c1-3-6-16-13-8-12(14)11-7-9(15-2)4-5-10(11)13/h3-5,7,12-13H,1,6,8,14H2,2H3/t12-,13-/m1/s1. The molecule has 0 unspecified atom stereocenters. The molecule has 0 aliphatic heterocycles. The molecule has 1 aromatic rings. The van der Waals surface area contributed by atoms with Crippen LogP contribution in [0, 0.1) is 0 Å². The number of hydrogen-bond acceptors (Lipinski definition) is 3. The lowest BCUT2D eigenvalue weighted by Gasteiger charge is -2.11. The lowest BCUT2D eigenvalue weighted by atomic mass is 10.1. The summed E-state index contributed by atoms with van der Waals surface area (Å²) in [6, 6.07) is 6.02. The van der Waals surface area contributed by atoms with Gasteiger partial charge >= 0.3 is 0 Å². The molecule has 2 N–H and O–H groups in total. The van der Waals surface area contributed by atoms with Gasteiger partial charge in [0.05, 0.1) is 19.8 Å². The van der Waals surface area contributed by atoms with E-state index in [1.54, 1.807) is 13.2 Å². The summed E-state index contributed by atoms with van der Waals surface area (Å²) in [7, 11) is 1.66. The molecule has 0 saturated carbocycles. The molecule has 1 aliphatic rings. The first-order valence-corrected chi connectivity index (χ1v) is 5.42. The molecule has 2 rings (SSSR count). The van der Waals surface area contributed by atoms with Crippen molar-refractivity contribution in [2.24, 2.45) is 5.73 Å². The highest BCUT2D eigenvalue weighted by molar-refractivity contribution is 5.42. The normalized spacial score (nSPS) is 22.9. The first-order chi connectivity index (χ1) is 7.76. The summed E-state index contributed by atoms with van der Waals surface area (Å²) in [5.74, 6) is 0.846. The van der Waals surface area contributed by atoms with Crippen LogP contribution in [0.25, 0.3) is 0 Å². The van der Waals surface area contributed by atoms with Gasteiger partial charge in [0.25, 0.3) is 0 Å². The van der Waals surface area contributed by atoms with E-state index in [0.29, 0.717) is 6.61 Å². The molecule has 0 radical (unpaired) electrons. The molecule has 0 fully saturated rings. The lowest BCUT2D eigenvalue weighted by molar-refractivity contribution is 0.0722. The second kappa shape index (κ2) is 4.68. The van der Waals surface area contributed by atoms with Gasteiger partial charge in [0, 0.05) is 6.04 Å². The molecule has 3 nitrogen and oxygen atoms in total. The third kappa shape index (κ3) is 1.96. The molecule has 1 aliphatic carbocycles. The van der Waals surface area contributed by atoms with Crippen LogP contribution < -0.4 is 10.5 Å². The van der Waals surface area contributed by atoms with Crippen LogP contribution in [-0.4, -0.2) is 13.7 Å². The average Bonchev–Trinajstić information content (AvgIpc) is 2.63. The van der Waals surface area contributed by atoms with Gasteiger partial charge in [-0.2, -0.15) is 0 Å². The maximum atomic E-state index is 6.07. The smallest absolute Gasteiger partial charge is 0.119 e. The number of benzene rings is 1. The van der Waals surface area contributed by atoms with E-state index in [2.05, 4.69) is 6.58 Å². The summed E-state index contributed by atoms with van der Waals surface area (Å²) >= 11 is 0. The van der Waals surface area contributed by atoms with E-state index in [0.717, 1.165) is 17.7 Å². The summed E-state index contributed by atoms with van der Waals surface area (Å²) < 4.78 is 10.9. The van der Waals surface area contributed by atoms with Crippen LogP contribution in [0.2, 0.25) is 0 Å². The van der Waals surface area contributed by atoms with Crippen molar-refractivity contribution in [2.45, 2.75) is 18.6 Å². The van der Waals surface area contributed by atoms with Crippen LogP contribution >= 0.6 is 0 Å². The zero-order chi connectivity index (χ0) is 11.5. The van der Waals surface area contributed by atoms with Gasteiger partial charge in [0.15, 0.2) is 0 Å². The first-order valence-electron chi connectivity index (χ1n) is 5.42. The van der Waals surface area contributed by atoms with Gasteiger partial charge in [-0.3, -0.25) is 0 Å². The largest absolute Gasteiger partial charge is 0.497 e. The highest BCUT2D eigenvalue weighted by atomic mass is 16.5. The molecule has 86 valence electrons. The maximum Gasteiger partial charge on any atom is 0.119 e. The zero-order valence-electron chi connectivity index (χ0n) is 9.48.